The van der Waals surface area contributed by atoms with E-state index in [-0.39, 0.29) is 12.5 Å². The number of anilines is 1. The number of hydrogen-bond acceptors (Lipinski definition) is 9. The molecule has 0 aliphatic carbocycles. The Morgan fingerprint density at radius 1 is 1.18 bits per heavy atom. The average Bonchev–Trinajstić information content (AvgIpc) is 3.36. The highest BCUT2D eigenvalue weighted by atomic mass is 16.5. The van der Waals surface area contributed by atoms with Gasteiger partial charge in [-0.25, -0.2) is 14.8 Å². The highest BCUT2D eigenvalue weighted by Crippen LogP contribution is 2.27. The van der Waals surface area contributed by atoms with Crippen LogP contribution < -0.4 is 9.64 Å². The van der Waals surface area contributed by atoms with Crippen LogP contribution in [0.1, 0.15) is 48.5 Å². The largest absolute Gasteiger partial charge is 0.484 e. The Morgan fingerprint density at radius 2 is 1.91 bits per heavy atom. The molecule has 1 fully saturated rings. The summed E-state index contributed by atoms with van der Waals surface area (Å²) in [7, 11) is 1.34. The summed E-state index contributed by atoms with van der Waals surface area (Å²) in [6.45, 7) is 4.00. The van der Waals surface area contributed by atoms with Crippen LogP contribution in [0.5, 0.6) is 5.75 Å². The third kappa shape index (κ3) is 5.94. The van der Waals surface area contributed by atoms with Crippen molar-refractivity contribution in [1.29, 1.82) is 0 Å². The third-order valence-electron chi connectivity index (χ3n) is 5.58. The standard InChI is InChI=1S/C24H27N5O4/c1-3-17-14-25-24(26-15-17)29-12-10-19(11-13-29)23-27-21(33-28-23)16-32-20-7-4-18(5-8-20)6-9-22(30)31-2/h4-9,14-15,19H,3,10-13,16H2,1-2H3. The Hall–Kier alpha value is -3.75. The van der Waals surface area contributed by atoms with Crippen LogP contribution in [0.25, 0.3) is 6.08 Å². The predicted octanol–water partition coefficient (Wildman–Crippen LogP) is 3.57. The fourth-order valence-corrected chi connectivity index (χ4v) is 3.58. The summed E-state index contributed by atoms with van der Waals surface area (Å²) in [5, 5.41) is 4.17. The lowest BCUT2D eigenvalue weighted by Crippen LogP contribution is -2.34. The summed E-state index contributed by atoms with van der Waals surface area (Å²) in [6.07, 6.45) is 9.61. The lowest BCUT2D eigenvalue weighted by atomic mass is 9.96. The van der Waals surface area contributed by atoms with Crippen LogP contribution in [0.4, 0.5) is 5.95 Å². The molecule has 0 bridgehead atoms. The molecule has 33 heavy (non-hydrogen) atoms. The number of hydrogen-bond donors (Lipinski definition) is 0. The van der Waals surface area contributed by atoms with Crippen LogP contribution in [-0.4, -0.2) is 46.3 Å². The van der Waals surface area contributed by atoms with Crippen LogP contribution in [0.15, 0.2) is 47.3 Å². The number of aryl methyl sites for hydroxylation is 1. The first-order valence-corrected chi connectivity index (χ1v) is 11.0. The highest BCUT2D eigenvalue weighted by molar-refractivity contribution is 5.86. The Morgan fingerprint density at radius 3 is 2.58 bits per heavy atom. The van der Waals surface area contributed by atoms with Gasteiger partial charge >= 0.3 is 5.97 Å². The molecule has 3 heterocycles. The Bertz CT molecular complexity index is 1070. The van der Waals surface area contributed by atoms with Gasteiger partial charge in [0.15, 0.2) is 12.4 Å². The van der Waals surface area contributed by atoms with Crippen molar-refractivity contribution >= 4 is 18.0 Å². The van der Waals surface area contributed by atoms with Gasteiger partial charge in [0.1, 0.15) is 5.75 Å². The monoisotopic (exact) mass is 449 g/mol. The molecule has 0 atom stereocenters. The number of carbonyl (C=O) groups excluding carboxylic acids is 1. The van der Waals surface area contributed by atoms with E-state index in [1.807, 2.05) is 36.7 Å². The van der Waals surface area contributed by atoms with E-state index < -0.39 is 5.97 Å². The van der Waals surface area contributed by atoms with Crippen molar-refractivity contribution in [2.75, 3.05) is 25.1 Å². The second kappa shape index (κ2) is 10.7. The van der Waals surface area contributed by atoms with Gasteiger partial charge in [-0.2, -0.15) is 4.98 Å². The van der Waals surface area contributed by atoms with E-state index in [2.05, 4.69) is 36.7 Å². The van der Waals surface area contributed by atoms with Gasteiger partial charge in [-0.1, -0.05) is 24.2 Å². The summed E-state index contributed by atoms with van der Waals surface area (Å²) in [4.78, 5) is 26.9. The van der Waals surface area contributed by atoms with Gasteiger partial charge in [-0.3, -0.25) is 0 Å². The molecule has 0 spiro atoms. The number of aromatic nitrogens is 4. The number of nitrogens with zero attached hydrogens (tertiary/aromatic N) is 5. The number of ether oxygens (including phenoxy) is 2. The summed E-state index contributed by atoms with van der Waals surface area (Å²) in [5.74, 6) is 2.47. The molecular formula is C24H27N5O4. The SMILES string of the molecule is CCc1cnc(N2CCC(c3noc(COc4ccc(C=CC(=O)OC)cc4)n3)CC2)nc1. The predicted molar refractivity (Wildman–Crippen MR) is 122 cm³/mol. The molecule has 0 amide bonds. The first kappa shape index (κ1) is 22.4. The third-order valence-corrected chi connectivity index (χ3v) is 5.58. The van der Waals surface area contributed by atoms with E-state index in [0.29, 0.717) is 11.6 Å². The first-order valence-electron chi connectivity index (χ1n) is 11.0. The van der Waals surface area contributed by atoms with Crippen molar-refractivity contribution in [3.8, 4) is 5.75 Å². The van der Waals surface area contributed by atoms with Gasteiger partial charge in [0.2, 0.25) is 5.95 Å². The molecule has 2 aromatic heterocycles. The maximum atomic E-state index is 11.2. The molecule has 1 saturated heterocycles. The number of esters is 1. The van der Waals surface area contributed by atoms with Crippen molar-refractivity contribution in [3.63, 3.8) is 0 Å². The number of methoxy groups -OCH3 is 1. The minimum absolute atomic E-state index is 0.195. The Labute approximate surface area is 192 Å². The zero-order valence-corrected chi connectivity index (χ0v) is 18.8. The maximum Gasteiger partial charge on any atom is 0.330 e. The second-order valence-corrected chi connectivity index (χ2v) is 7.77. The van der Waals surface area contributed by atoms with Crippen LogP contribution >= 0.6 is 0 Å². The van der Waals surface area contributed by atoms with Crippen molar-refractivity contribution in [3.05, 3.63) is 65.6 Å². The smallest absolute Gasteiger partial charge is 0.330 e. The Kier molecular flexibility index (Phi) is 7.29. The molecule has 0 radical (unpaired) electrons. The van der Waals surface area contributed by atoms with E-state index in [1.54, 1.807) is 6.08 Å². The normalized spacial score (nSPS) is 14.5. The lowest BCUT2D eigenvalue weighted by molar-refractivity contribution is -0.134. The molecule has 9 nitrogen and oxygen atoms in total. The minimum atomic E-state index is -0.396. The first-order chi connectivity index (χ1) is 16.1. The van der Waals surface area contributed by atoms with Crippen molar-refractivity contribution in [2.24, 2.45) is 0 Å². The van der Waals surface area contributed by atoms with E-state index in [4.69, 9.17) is 9.26 Å². The van der Waals surface area contributed by atoms with E-state index in [1.165, 1.54) is 13.2 Å². The number of rotatable bonds is 8. The summed E-state index contributed by atoms with van der Waals surface area (Å²) in [6, 6.07) is 7.33. The van der Waals surface area contributed by atoms with Gasteiger partial charge in [0.25, 0.3) is 5.89 Å². The van der Waals surface area contributed by atoms with Gasteiger partial charge in [0.05, 0.1) is 7.11 Å². The summed E-state index contributed by atoms with van der Waals surface area (Å²) >= 11 is 0. The molecule has 1 aliphatic rings. The average molecular weight is 450 g/mol. The van der Waals surface area contributed by atoms with Gasteiger partial charge in [0, 0.05) is 37.5 Å². The molecule has 0 N–H and O–H groups in total. The Balaban J connectivity index is 1.26. The van der Waals surface area contributed by atoms with E-state index in [0.717, 1.165) is 55.3 Å². The molecule has 0 unspecified atom stereocenters. The molecule has 172 valence electrons. The van der Waals surface area contributed by atoms with E-state index in [9.17, 15) is 4.79 Å². The fraction of sp³-hybridized carbons (Fsp3) is 0.375. The molecular weight excluding hydrogens is 422 g/mol. The maximum absolute atomic E-state index is 11.2. The van der Waals surface area contributed by atoms with Gasteiger partial charge < -0.3 is 18.9 Å². The highest BCUT2D eigenvalue weighted by Gasteiger charge is 2.26. The van der Waals surface area contributed by atoms with E-state index >= 15 is 0 Å². The zero-order chi connectivity index (χ0) is 23.0. The zero-order valence-electron chi connectivity index (χ0n) is 18.8. The second-order valence-electron chi connectivity index (χ2n) is 7.77. The molecule has 1 aromatic carbocycles. The summed E-state index contributed by atoms with van der Waals surface area (Å²) < 4.78 is 15.7. The molecule has 4 rings (SSSR count). The van der Waals surface area contributed by atoms with Crippen molar-refractivity contribution in [2.45, 2.75) is 38.7 Å². The molecule has 0 saturated carbocycles. The van der Waals surface area contributed by atoms with Gasteiger partial charge in [-0.05, 0) is 48.6 Å². The van der Waals surface area contributed by atoms with Gasteiger partial charge in [-0.15, -0.1) is 0 Å². The number of piperidine rings is 1. The fourth-order valence-electron chi connectivity index (χ4n) is 3.58. The topological polar surface area (TPSA) is 103 Å². The lowest BCUT2D eigenvalue weighted by Gasteiger charge is -2.30. The number of benzene rings is 1. The van der Waals surface area contributed by atoms with Crippen LogP contribution in [0, 0.1) is 0 Å². The van der Waals surface area contributed by atoms with Crippen LogP contribution in [0.2, 0.25) is 0 Å². The molecule has 3 aromatic rings. The number of carbonyl (C=O) groups is 1. The van der Waals surface area contributed by atoms with Crippen LogP contribution in [0.3, 0.4) is 0 Å². The van der Waals surface area contributed by atoms with Crippen molar-refractivity contribution < 1.29 is 18.8 Å². The summed E-state index contributed by atoms with van der Waals surface area (Å²) in [5.41, 5.74) is 2.01. The quantitative estimate of drug-likeness (QED) is 0.377. The molecule has 1 aliphatic heterocycles. The van der Waals surface area contributed by atoms with Crippen LogP contribution in [-0.2, 0) is 22.6 Å². The van der Waals surface area contributed by atoms with Crippen molar-refractivity contribution in [1.82, 2.24) is 20.1 Å². The molecule has 9 heteroatoms. The minimum Gasteiger partial charge on any atom is -0.484 e.